The summed E-state index contributed by atoms with van der Waals surface area (Å²) in [6.07, 6.45) is 4.12. The number of aromatic nitrogens is 1. The van der Waals surface area contributed by atoms with Crippen molar-refractivity contribution in [1.82, 2.24) is 14.8 Å². The molecule has 39 heavy (non-hydrogen) atoms. The molecule has 0 aliphatic rings. The second-order valence-electron chi connectivity index (χ2n) is 8.46. The van der Waals surface area contributed by atoms with Gasteiger partial charge >= 0.3 is 10.1 Å². The topological polar surface area (TPSA) is 174 Å². The highest BCUT2D eigenvalue weighted by Crippen LogP contribution is 2.29. The van der Waals surface area contributed by atoms with Crippen LogP contribution in [0.5, 0.6) is 11.5 Å². The molecule has 0 aliphatic heterocycles. The Morgan fingerprint density at radius 2 is 1.67 bits per heavy atom. The van der Waals surface area contributed by atoms with Crippen LogP contribution >= 0.6 is 0 Å². The van der Waals surface area contributed by atoms with Gasteiger partial charge in [0, 0.05) is 38.5 Å². The number of hydrogen-bond acceptors (Lipinski definition) is 9. The maximum Gasteiger partial charge on any atom is 0.340 e. The Morgan fingerprint density at radius 1 is 1.00 bits per heavy atom. The van der Waals surface area contributed by atoms with Gasteiger partial charge in [-0.1, -0.05) is 12.1 Å². The van der Waals surface area contributed by atoms with Crippen molar-refractivity contribution in [3.05, 3.63) is 78.1 Å². The number of guanidine groups is 1. The molecule has 14 heteroatoms. The summed E-state index contributed by atoms with van der Waals surface area (Å²) in [4.78, 5) is 8.04. The molecule has 210 valence electrons. The van der Waals surface area contributed by atoms with Gasteiger partial charge < -0.3 is 14.7 Å². The van der Waals surface area contributed by atoms with Crippen LogP contribution in [-0.2, 0) is 31.4 Å². The molecule has 1 aromatic heterocycles. The summed E-state index contributed by atoms with van der Waals surface area (Å²) in [6.45, 7) is 2.34. The lowest BCUT2D eigenvalue weighted by Crippen LogP contribution is -2.30. The van der Waals surface area contributed by atoms with Crippen LogP contribution < -0.4 is 20.1 Å². The fraction of sp³-hybridized carbons (Fsp3) is 0.280. The van der Waals surface area contributed by atoms with E-state index >= 15 is 0 Å². The Morgan fingerprint density at radius 3 is 2.36 bits per heavy atom. The first-order valence-corrected chi connectivity index (χ1v) is 14.7. The van der Waals surface area contributed by atoms with E-state index in [1.165, 1.54) is 43.4 Å². The summed E-state index contributed by atoms with van der Waals surface area (Å²) in [7, 11) is -7.30. The van der Waals surface area contributed by atoms with E-state index in [1.807, 2.05) is 0 Å². The van der Waals surface area contributed by atoms with Gasteiger partial charge in [-0.2, -0.15) is 8.42 Å². The number of nitrogens with zero attached hydrogens (tertiary/aromatic N) is 2. The van der Waals surface area contributed by atoms with Crippen molar-refractivity contribution in [2.45, 2.75) is 29.6 Å². The molecule has 3 aromatic rings. The van der Waals surface area contributed by atoms with Gasteiger partial charge in [0.05, 0.1) is 13.2 Å². The van der Waals surface area contributed by atoms with Gasteiger partial charge in [0.25, 0.3) is 0 Å². The van der Waals surface area contributed by atoms with E-state index in [0.29, 0.717) is 24.2 Å². The number of sulfonamides is 1. The molecule has 0 unspecified atom stereocenters. The average Bonchev–Trinajstić information content (AvgIpc) is 2.89. The molecule has 0 aliphatic carbocycles. The minimum Gasteiger partial charge on any atom is -0.493 e. The first-order chi connectivity index (χ1) is 18.5. The normalized spacial score (nSPS) is 11.8. The largest absolute Gasteiger partial charge is 0.493 e. The Kier molecular flexibility index (Phi) is 10.2. The molecule has 4 N–H and O–H groups in total. The van der Waals surface area contributed by atoms with Gasteiger partial charge in [0.1, 0.15) is 21.3 Å². The van der Waals surface area contributed by atoms with Crippen LogP contribution in [0, 0.1) is 12.3 Å². The van der Waals surface area contributed by atoms with Crippen molar-refractivity contribution in [3.63, 3.8) is 0 Å². The van der Waals surface area contributed by atoms with Crippen molar-refractivity contribution in [1.29, 1.82) is 5.41 Å². The fourth-order valence-electron chi connectivity index (χ4n) is 3.46. The third-order valence-electron chi connectivity index (χ3n) is 5.34. The van der Waals surface area contributed by atoms with E-state index < -0.39 is 25.0 Å². The second-order valence-corrected chi connectivity index (χ2v) is 12.0. The van der Waals surface area contributed by atoms with Crippen molar-refractivity contribution < 1.29 is 30.6 Å². The van der Waals surface area contributed by atoms with Crippen molar-refractivity contribution in [3.8, 4) is 11.5 Å². The Labute approximate surface area is 228 Å². The first kappa shape index (κ1) is 29.8. The Balaban J connectivity index is 1.74. The summed E-state index contributed by atoms with van der Waals surface area (Å²) < 4.78 is 65.4. The molecule has 1 heterocycles. The number of likely N-dealkylation sites (N-methyl/N-ethyl adjacent to an activating group) is 1. The van der Waals surface area contributed by atoms with Gasteiger partial charge in [-0.3, -0.25) is 15.2 Å². The van der Waals surface area contributed by atoms with Crippen LogP contribution in [0.1, 0.15) is 17.5 Å². The summed E-state index contributed by atoms with van der Waals surface area (Å²) in [5, 5.41) is 7.02. The van der Waals surface area contributed by atoms with E-state index in [1.54, 1.807) is 37.5 Å². The molecule has 0 saturated heterocycles. The van der Waals surface area contributed by atoms with Crippen LogP contribution in [0.3, 0.4) is 0 Å². The second kappa shape index (κ2) is 13.4. The highest BCUT2D eigenvalue weighted by atomic mass is 32.2. The van der Waals surface area contributed by atoms with Gasteiger partial charge in [-0.25, -0.2) is 18.2 Å². The number of hydrogen-bond donors (Lipinski definition) is 3. The number of rotatable bonds is 14. The number of ether oxygens (including phenoxy) is 1. The van der Waals surface area contributed by atoms with Crippen LogP contribution in [-0.4, -0.2) is 58.9 Å². The zero-order chi connectivity index (χ0) is 28.5. The SMILES string of the molecule is Cc1cc(OCCCONC(=N)N)cc(OS(=O)(=O)c2ccccc2S(=O)(=O)N(C)CCc2ccncc2)c1. The lowest BCUT2D eigenvalue weighted by atomic mass is 10.2. The van der Waals surface area contributed by atoms with Gasteiger partial charge in [-0.05, 0) is 60.9 Å². The van der Waals surface area contributed by atoms with Gasteiger partial charge in [-0.15, -0.1) is 0 Å². The quantitative estimate of drug-likeness (QED) is 0.0847. The maximum absolute atomic E-state index is 13.4. The minimum atomic E-state index is -4.53. The standard InChI is InChI=1S/C25H31N5O7S2/c1-19-16-21(35-14-5-15-36-29-25(26)27)18-22(17-19)37-39(33,34)24-7-4-3-6-23(24)38(31,32)30(2)13-10-20-8-11-28-12-9-20/h3-4,6-9,11-12,16-18H,5,10,13-15H2,1-2H3,(H4,26,27,29). The summed E-state index contributed by atoms with van der Waals surface area (Å²) in [5.41, 5.74) is 8.90. The number of nitrogens with two attached hydrogens (primary N) is 1. The van der Waals surface area contributed by atoms with E-state index in [2.05, 4.69) is 10.5 Å². The van der Waals surface area contributed by atoms with Crippen molar-refractivity contribution in [2.75, 3.05) is 26.8 Å². The summed E-state index contributed by atoms with van der Waals surface area (Å²) >= 11 is 0. The Bertz CT molecular complexity index is 1480. The molecular formula is C25H31N5O7S2. The number of nitrogens with one attached hydrogen (secondary N) is 2. The average molecular weight is 578 g/mol. The maximum atomic E-state index is 13.4. The molecular weight excluding hydrogens is 546 g/mol. The monoisotopic (exact) mass is 577 g/mol. The number of benzene rings is 2. The molecule has 0 fully saturated rings. The molecule has 3 rings (SSSR count). The lowest BCUT2D eigenvalue weighted by Gasteiger charge is -2.19. The highest BCUT2D eigenvalue weighted by Gasteiger charge is 2.30. The van der Waals surface area contributed by atoms with Crippen LogP contribution in [0.15, 0.2) is 76.8 Å². The molecule has 0 radical (unpaired) electrons. The number of hydroxylamine groups is 1. The predicted molar refractivity (Wildman–Crippen MR) is 144 cm³/mol. The van der Waals surface area contributed by atoms with E-state index in [4.69, 9.17) is 24.9 Å². The fourth-order valence-corrected chi connectivity index (χ4v) is 6.32. The molecule has 0 atom stereocenters. The van der Waals surface area contributed by atoms with Crippen LogP contribution in [0.4, 0.5) is 0 Å². The molecule has 0 bridgehead atoms. The smallest absolute Gasteiger partial charge is 0.340 e. The van der Waals surface area contributed by atoms with Crippen LogP contribution in [0.25, 0.3) is 0 Å². The van der Waals surface area contributed by atoms with Gasteiger partial charge in [0.2, 0.25) is 16.0 Å². The molecule has 2 aromatic carbocycles. The van der Waals surface area contributed by atoms with E-state index in [9.17, 15) is 16.8 Å². The number of aryl methyl sites for hydroxylation is 1. The predicted octanol–water partition coefficient (Wildman–Crippen LogP) is 2.20. The first-order valence-electron chi connectivity index (χ1n) is 11.8. The van der Waals surface area contributed by atoms with Crippen molar-refractivity contribution in [2.24, 2.45) is 5.73 Å². The zero-order valence-corrected chi connectivity index (χ0v) is 23.2. The minimum absolute atomic E-state index is 0.0299. The molecule has 0 spiro atoms. The van der Waals surface area contributed by atoms with Gasteiger partial charge in [0.15, 0.2) is 0 Å². The third-order valence-corrected chi connectivity index (χ3v) is 8.69. The van der Waals surface area contributed by atoms with E-state index in [0.717, 1.165) is 9.87 Å². The molecule has 12 nitrogen and oxygen atoms in total. The highest BCUT2D eigenvalue weighted by molar-refractivity contribution is 7.91. The van der Waals surface area contributed by atoms with Crippen LogP contribution in [0.2, 0.25) is 0 Å². The Hall–Kier alpha value is -3.72. The van der Waals surface area contributed by atoms with Crippen molar-refractivity contribution >= 4 is 26.1 Å². The lowest BCUT2D eigenvalue weighted by molar-refractivity contribution is 0.0733. The third kappa shape index (κ3) is 8.64. The molecule has 0 saturated carbocycles. The summed E-state index contributed by atoms with van der Waals surface area (Å²) in [5.74, 6) is 0.0118. The molecule has 0 amide bonds. The zero-order valence-electron chi connectivity index (χ0n) is 21.5. The summed E-state index contributed by atoms with van der Waals surface area (Å²) in [6, 6.07) is 13.5. The number of pyridine rings is 1. The van der Waals surface area contributed by atoms with E-state index in [-0.39, 0.29) is 36.4 Å².